The first-order valence-electron chi connectivity index (χ1n) is 27.8. The highest BCUT2D eigenvalue weighted by atomic mass is 16.5. The molecule has 88 heavy (non-hydrogen) atoms. The van der Waals surface area contributed by atoms with Gasteiger partial charge in [0.1, 0.15) is 29.6 Å². The van der Waals surface area contributed by atoms with Crippen molar-refractivity contribution >= 4 is 51.4 Å². The van der Waals surface area contributed by atoms with E-state index in [2.05, 4.69) is 86.2 Å². The predicted molar refractivity (Wildman–Crippen MR) is 355 cm³/mol. The van der Waals surface area contributed by atoms with Crippen LogP contribution in [0.15, 0.2) is 225 Å². The Kier molecular flexibility index (Phi) is 52.6. The van der Waals surface area contributed by atoms with Crippen LogP contribution in [0.2, 0.25) is 0 Å². The van der Waals surface area contributed by atoms with Crippen LogP contribution in [0.25, 0.3) is 21.5 Å². The largest absolute Gasteiger partial charge is 0.507 e. The van der Waals surface area contributed by atoms with Gasteiger partial charge in [0.2, 0.25) is 0 Å². The van der Waals surface area contributed by atoms with E-state index < -0.39 is 11.9 Å². The lowest BCUT2D eigenvalue weighted by molar-refractivity contribution is -0.140. The molecule has 0 atom stereocenters. The second-order valence-corrected chi connectivity index (χ2v) is 17.7. The molecule has 16 heteroatoms. The van der Waals surface area contributed by atoms with Crippen LogP contribution >= 0.6 is 0 Å². The molecular formula is C72H94O16. The smallest absolute Gasteiger partial charge is 0.338 e. The van der Waals surface area contributed by atoms with Crippen molar-refractivity contribution in [3.63, 3.8) is 0 Å². The first-order valence-corrected chi connectivity index (χ1v) is 27.8. The summed E-state index contributed by atoms with van der Waals surface area (Å²) >= 11 is 0. The average molecular weight is 1220 g/mol. The van der Waals surface area contributed by atoms with Gasteiger partial charge in [-0.1, -0.05) is 148 Å². The number of aliphatic hydroxyl groups is 5. The van der Waals surface area contributed by atoms with E-state index in [1.807, 2.05) is 62.4 Å². The molecule has 7 aromatic rings. The van der Waals surface area contributed by atoms with Gasteiger partial charge in [0.15, 0.2) is 0 Å². The summed E-state index contributed by atoms with van der Waals surface area (Å²) in [6, 6.07) is 51.6. The molecule has 6 N–H and O–H groups in total. The summed E-state index contributed by atoms with van der Waals surface area (Å²) in [5.41, 5.74) is 4.45. The Morgan fingerprint density at radius 3 is 0.909 bits per heavy atom. The standard InChI is InChI=1S/C14H12O2.C13H16O3.2C10H10O2.C10H8.C6H10O2.4C2H6O.CH4O/c1-10(2)14(15)16-13-8-7-11-5-3-4-6-12(11)9-13;1-8(2)13(15)16-7-11-5-9(3)12(14)10(4)6-11;2*1-8(2)10(11)12-9-6-4-3-5-7-9;1-2-6-10-8-4-3-7-9(10)5-1;1-4-8-6(7)5(2)3;4*1-2-3;1-2/h3-9H,1H2,2H3;5-6,14H,1,7H2,2-4H3;2*3-7H,1H2,2H3;1-8H;2,4H2,1,3H3;4*3H,2H2,1H3;2H,1H3. The first-order chi connectivity index (χ1) is 41.8. The maximum Gasteiger partial charge on any atom is 0.338 e. The molecule has 0 aromatic heterocycles. The van der Waals surface area contributed by atoms with Crippen molar-refractivity contribution in [3.8, 4) is 23.0 Å². The molecule has 0 aliphatic rings. The fourth-order valence-electron chi connectivity index (χ4n) is 5.58. The molecule has 0 fully saturated rings. The van der Waals surface area contributed by atoms with E-state index in [0.29, 0.717) is 51.7 Å². The Morgan fingerprint density at radius 1 is 0.364 bits per heavy atom. The van der Waals surface area contributed by atoms with Crippen molar-refractivity contribution in [1.29, 1.82) is 0 Å². The Balaban J connectivity index is -0.000000466. The fraction of sp³-hybridized carbons (Fsp3) is 0.264. The Bertz CT molecular complexity index is 2970. The summed E-state index contributed by atoms with van der Waals surface area (Å²) in [4.78, 5) is 54.9. The van der Waals surface area contributed by atoms with Gasteiger partial charge < -0.3 is 54.3 Å². The minimum atomic E-state index is -0.400. The van der Waals surface area contributed by atoms with Gasteiger partial charge >= 0.3 is 29.8 Å². The van der Waals surface area contributed by atoms with Gasteiger partial charge in [0, 0.05) is 61.4 Å². The van der Waals surface area contributed by atoms with Crippen molar-refractivity contribution in [2.24, 2.45) is 0 Å². The number of esters is 5. The van der Waals surface area contributed by atoms with E-state index in [9.17, 15) is 29.1 Å². The lowest BCUT2D eigenvalue weighted by atomic mass is 10.1. The van der Waals surface area contributed by atoms with E-state index in [4.69, 9.17) is 44.5 Å². The Morgan fingerprint density at radius 2 is 0.625 bits per heavy atom. The molecule has 7 rings (SSSR count). The summed E-state index contributed by atoms with van der Waals surface area (Å²) in [5.74, 6) is 0.0474. The highest BCUT2D eigenvalue weighted by molar-refractivity contribution is 5.91. The molecule has 0 amide bonds. The van der Waals surface area contributed by atoms with E-state index in [-0.39, 0.29) is 56.7 Å². The van der Waals surface area contributed by atoms with Crippen LogP contribution in [0, 0.1) is 13.8 Å². The number of hydrogen-bond acceptors (Lipinski definition) is 16. The predicted octanol–water partition coefficient (Wildman–Crippen LogP) is 13.9. The number of phenolic OH excluding ortho intramolecular Hbond substituents is 1. The number of rotatable bonds is 11. The molecule has 0 heterocycles. The molecule has 0 spiro atoms. The number of aryl methyl sites for hydroxylation is 2. The second-order valence-electron chi connectivity index (χ2n) is 17.7. The number of carbonyl (C=O) groups excluding carboxylic acids is 5. The van der Waals surface area contributed by atoms with Crippen LogP contribution in [0.1, 0.15) is 85.9 Å². The van der Waals surface area contributed by atoms with Gasteiger partial charge in [0.05, 0.1) is 6.61 Å². The number of fused-ring (bicyclic) bond motifs is 2. The summed E-state index contributed by atoms with van der Waals surface area (Å²) in [7, 11) is 1.00. The number of hydrogen-bond donors (Lipinski definition) is 6. The van der Waals surface area contributed by atoms with Gasteiger partial charge in [-0.3, -0.25) is 0 Å². The third-order valence-electron chi connectivity index (χ3n) is 9.44. The van der Waals surface area contributed by atoms with Gasteiger partial charge in [-0.15, -0.1) is 0 Å². The minimum absolute atomic E-state index is 0.202. The number of aromatic hydroxyl groups is 1. The summed E-state index contributed by atoms with van der Waals surface area (Å²) < 4.78 is 24.6. The van der Waals surface area contributed by atoms with E-state index in [1.54, 1.807) is 136 Å². The van der Waals surface area contributed by atoms with Crippen molar-refractivity contribution in [2.45, 2.75) is 89.7 Å². The molecule has 7 aromatic carbocycles. The van der Waals surface area contributed by atoms with E-state index in [0.717, 1.165) is 34.6 Å². The molecule has 0 unspecified atom stereocenters. The number of aliphatic hydroxyl groups excluding tert-OH is 5. The van der Waals surface area contributed by atoms with Crippen molar-refractivity contribution < 1.29 is 78.3 Å². The Hall–Kier alpha value is -9.29. The molecule has 0 saturated carbocycles. The highest BCUT2D eigenvalue weighted by Gasteiger charge is 2.09. The van der Waals surface area contributed by atoms with Crippen LogP contribution in [0.4, 0.5) is 0 Å². The van der Waals surface area contributed by atoms with Gasteiger partial charge in [-0.2, -0.15) is 0 Å². The van der Waals surface area contributed by atoms with Crippen molar-refractivity contribution in [3.05, 3.63) is 241 Å². The molecule has 16 nitrogen and oxygen atoms in total. The lowest BCUT2D eigenvalue weighted by Gasteiger charge is -2.08. The van der Waals surface area contributed by atoms with Crippen LogP contribution in [-0.2, 0) is 40.1 Å². The molecule has 0 saturated heterocycles. The van der Waals surface area contributed by atoms with Crippen LogP contribution in [-0.4, -0.2) is 101 Å². The average Bonchev–Trinajstić information content (AvgIpc) is 3.60. The second kappa shape index (κ2) is 54.4. The van der Waals surface area contributed by atoms with Crippen molar-refractivity contribution in [2.75, 3.05) is 40.1 Å². The van der Waals surface area contributed by atoms with E-state index >= 15 is 0 Å². The van der Waals surface area contributed by atoms with Gasteiger partial charge in [-0.25, -0.2) is 24.0 Å². The van der Waals surface area contributed by atoms with E-state index in [1.165, 1.54) is 10.8 Å². The topological polar surface area (TPSA) is 253 Å². The molecule has 478 valence electrons. The zero-order valence-corrected chi connectivity index (χ0v) is 53.6. The summed E-state index contributed by atoms with van der Waals surface area (Å²) in [6.45, 7) is 39.2. The zero-order valence-electron chi connectivity index (χ0n) is 53.6. The van der Waals surface area contributed by atoms with Crippen LogP contribution < -0.4 is 14.2 Å². The lowest BCUT2D eigenvalue weighted by Crippen LogP contribution is -2.07. The zero-order chi connectivity index (χ0) is 68.0. The SMILES string of the molecule is C=C(C)C(=O)OCC.C=C(C)C(=O)OCc1cc(C)c(O)c(C)c1.C=C(C)C(=O)Oc1ccc2ccccc2c1.C=C(C)C(=O)Oc1ccccc1.C=C(C)C(=O)Oc1ccccc1.CCO.CCO.CCO.CCO.CO.c1ccc2ccccc2c1. The minimum Gasteiger partial charge on any atom is -0.507 e. The van der Waals surface area contributed by atoms with Gasteiger partial charge in [-0.05, 0) is 170 Å². The van der Waals surface area contributed by atoms with Crippen LogP contribution in [0.3, 0.4) is 0 Å². The number of para-hydroxylation sites is 2. The van der Waals surface area contributed by atoms with Crippen molar-refractivity contribution in [1.82, 2.24) is 0 Å². The summed E-state index contributed by atoms with van der Waals surface area (Å²) in [5, 5.41) is 51.6. The molecule has 0 aliphatic carbocycles. The molecule has 0 aliphatic heterocycles. The maximum atomic E-state index is 11.3. The monoisotopic (exact) mass is 1210 g/mol. The third kappa shape index (κ3) is 43.4. The highest BCUT2D eigenvalue weighted by Crippen LogP contribution is 2.24. The quantitative estimate of drug-likeness (QED) is 0.0400. The third-order valence-corrected chi connectivity index (χ3v) is 9.44. The Labute approximate surface area is 521 Å². The number of phenols is 1. The molecular weight excluding hydrogens is 1120 g/mol. The fourth-order valence-corrected chi connectivity index (χ4v) is 5.58. The van der Waals surface area contributed by atoms with Crippen LogP contribution in [0.5, 0.6) is 23.0 Å². The number of ether oxygens (including phenoxy) is 5. The normalized spacial score (nSPS) is 8.89. The summed E-state index contributed by atoms with van der Waals surface area (Å²) in [6.07, 6.45) is 0. The molecule has 0 bridgehead atoms. The maximum absolute atomic E-state index is 11.3. The molecule has 0 radical (unpaired) electrons. The number of carbonyl (C=O) groups is 5. The van der Waals surface area contributed by atoms with Gasteiger partial charge in [0.25, 0.3) is 0 Å². The number of benzene rings is 7. The first kappa shape index (κ1) is 85.2.